The fourth-order valence-electron chi connectivity index (χ4n) is 2.31. The summed E-state index contributed by atoms with van der Waals surface area (Å²) < 4.78 is 23.8. The zero-order valence-electron chi connectivity index (χ0n) is 15.3. The van der Waals surface area contributed by atoms with Crippen molar-refractivity contribution in [3.63, 3.8) is 0 Å². The molecule has 0 aliphatic carbocycles. The molecule has 3 nitrogen and oxygen atoms in total. The minimum absolute atomic E-state index is 0.564. The lowest BCUT2D eigenvalue weighted by Gasteiger charge is -2.18. The molecule has 1 unspecified atom stereocenters. The Morgan fingerprint density at radius 3 is 1.59 bits per heavy atom. The van der Waals surface area contributed by atoms with Gasteiger partial charge in [-0.1, -0.05) is 78.6 Å². The summed E-state index contributed by atoms with van der Waals surface area (Å²) in [5, 5.41) is 0. The zero-order valence-corrected chi connectivity index (χ0v) is 16.2. The van der Waals surface area contributed by atoms with Crippen molar-refractivity contribution in [1.29, 1.82) is 0 Å². The highest BCUT2D eigenvalue weighted by molar-refractivity contribution is 7.53. The highest BCUT2D eigenvalue weighted by atomic mass is 31.2. The standard InChI is InChI=1S/C18H39O3P/c1-4-7-10-11-12-13-14-15-17-21-22(19,18-9-6-3)20-16-8-5-2/h4-18H2,1-3H3. The van der Waals surface area contributed by atoms with Gasteiger partial charge in [0.25, 0.3) is 0 Å². The van der Waals surface area contributed by atoms with Crippen molar-refractivity contribution in [2.24, 2.45) is 0 Å². The van der Waals surface area contributed by atoms with Crippen molar-refractivity contribution < 1.29 is 13.6 Å². The molecule has 0 aromatic rings. The van der Waals surface area contributed by atoms with Crippen LogP contribution >= 0.6 is 7.60 Å². The molecule has 0 aliphatic rings. The first-order chi connectivity index (χ1) is 10.7. The molecule has 0 amide bonds. The summed E-state index contributed by atoms with van der Waals surface area (Å²) in [5.41, 5.74) is 0. The Kier molecular flexibility index (Phi) is 16.1. The van der Waals surface area contributed by atoms with Gasteiger partial charge in [-0.05, 0) is 19.3 Å². The van der Waals surface area contributed by atoms with E-state index in [2.05, 4.69) is 20.8 Å². The minimum atomic E-state index is -2.84. The summed E-state index contributed by atoms with van der Waals surface area (Å²) in [6.45, 7) is 7.62. The number of hydrogen-bond acceptors (Lipinski definition) is 3. The molecule has 0 aromatic carbocycles. The van der Waals surface area contributed by atoms with Crippen LogP contribution in [0, 0.1) is 0 Å². The number of unbranched alkanes of at least 4 members (excludes halogenated alkanes) is 9. The second-order valence-electron chi connectivity index (χ2n) is 6.18. The van der Waals surface area contributed by atoms with Gasteiger partial charge in [0.15, 0.2) is 0 Å². The van der Waals surface area contributed by atoms with Gasteiger partial charge in [0.05, 0.1) is 19.4 Å². The maximum atomic E-state index is 12.6. The quantitative estimate of drug-likeness (QED) is 0.213. The van der Waals surface area contributed by atoms with Crippen LogP contribution < -0.4 is 0 Å². The first-order valence-corrected chi connectivity index (χ1v) is 11.3. The van der Waals surface area contributed by atoms with Crippen molar-refractivity contribution >= 4 is 7.60 Å². The Balaban J connectivity index is 3.71. The van der Waals surface area contributed by atoms with E-state index >= 15 is 0 Å². The van der Waals surface area contributed by atoms with Gasteiger partial charge in [-0.15, -0.1) is 0 Å². The van der Waals surface area contributed by atoms with Crippen LogP contribution in [0.4, 0.5) is 0 Å². The highest BCUT2D eigenvalue weighted by Crippen LogP contribution is 2.49. The van der Waals surface area contributed by atoms with E-state index in [1.54, 1.807) is 0 Å². The first kappa shape index (κ1) is 22.1. The van der Waals surface area contributed by atoms with Crippen LogP contribution in [0.25, 0.3) is 0 Å². The summed E-state index contributed by atoms with van der Waals surface area (Å²) in [7, 11) is -2.84. The molecule has 0 spiro atoms. The summed E-state index contributed by atoms with van der Waals surface area (Å²) in [6, 6.07) is 0. The summed E-state index contributed by atoms with van der Waals surface area (Å²) in [6.07, 6.45) is 14.7. The predicted octanol–water partition coefficient (Wildman–Crippen LogP) is 6.95. The third kappa shape index (κ3) is 13.8. The van der Waals surface area contributed by atoms with Crippen LogP contribution in [0.2, 0.25) is 0 Å². The molecule has 0 saturated carbocycles. The summed E-state index contributed by atoms with van der Waals surface area (Å²) in [4.78, 5) is 0. The van der Waals surface area contributed by atoms with Crippen LogP contribution in [-0.2, 0) is 13.6 Å². The maximum Gasteiger partial charge on any atom is 0.330 e. The van der Waals surface area contributed by atoms with Gasteiger partial charge >= 0.3 is 7.60 Å². The van der Waals surface area contributed by atoms with Gasteiger partial charge < -0.3 is 9.05 Å². The van der Waals surface area contributed by atoms with Crippen LogP contribution in [-0.4, -0.2) is 19.4 Å². The Labute approximate surface area is 139 Å². The Morgan fingerprint density at radius 2 is 1.05 bits per heavy atom. The Hall–Kier alpha value is 0.150. The van der Waals surface area contributed by atoms with Crippen LogP contribution in [0.15, 0.2) is 0 Å². The second-order valence-corrected chi connectivity index (χ2v) is 8.37. The van der Waals surface area contributed by atoms with E-state index in [9.17, 15) is 4.57 Å². The molecule has 0 aromatic heterocycles. The fourth-order valence-corrected chi connectivity index (χ4v) is 4.16. The van der Waals surface area contributed by atoms with Gasteiger partial charge in [-0.3, -0.25) is 4.57 Å². The average Bonchev–Trinajstić information content (AvgIpc) is 2.52. The number of rotatable bonds is 17. The van der Waals surface area contributed by atoms with Crippen molar-refractivity contribution in [1.82, 2.24) is 0 Å². The van der Waals surface area contributed by atoms with E-state index in [-0.39, 0.29) is 0 Å². The largest absolute Gasteiger partial charge is 0.330 e. The van der Waals surface area contributed by atoms with Gasteiger partial charge in [-0.25, -0.2) is 0 Å². The van der Waals surface area contributed by atoms with Gasteiger partial charge in [0.2, 0.25) is 0 Å². The van der Waals surface area contributed by atoms with Crippen LogP contribution in [0.5, 0.6) is 0 Å². The van der Waals surface area contributed by atoms with Gasteiger partial charge in [-0.2, -0.15) is 0 Å². The molecule has 1 atom stereocenters. The lowest BCUT2D eigenvalue weighted by Crippen LogP contribution is -2.03. The second kappa shape index (κ2) is 16.0. The van der Waals surface area contributed by atoms with Crippen LogP contribution in [0.1, 0.15) is 97.8 Å². The van der Waals surface area contributed by atoms with Gasteiger partial charge in [0.1, 0.15) is 0 Å². The molecule has 0 N–H and O–H groups in total. The molecule has 0 bridgehead atoms. The van der Waals surface area contributed by atoms with E-state index in [1.807, 2.05) is 0 Å². The number of hydrogen-bond donors (Lipinski definition) is 0. The normalized spacial score (nSPS) is 14.1. The molecule has 0 fully saturated rings. The summed E-state index contributed by atoms with van der Waals surface area (Å²) >= 11 is 0. The molecule has 0 heterocycles. The molecule has 22 heavy (non-hydrogen) atoms. The third-order valence-electron chi connectivity index (χ3n) is 3.86. The van der Waals surface area contributed by atoms with Crippen molar-refractivity contribution in [3.05, 3.63) is 0 Å². The van der Waals surface area contributed by atoms with Gasteiger partial charge in [0, 0.05) is 0 Å². The molecular weight excluding hydrogens is 295 g/mol. The van der Waals surface area contributed by atoms with Crippen molar-refractivity contribution in [2.75, 3.05) is 19.4 Å². The average molecular weight is 334 g/mol. The fraction of sp³-hybridized carbons (Fsp3) is 1.00. The van der Waals surface area contributed by atoms with E-state index in [0.717, 1.165) is 32.1 Å². The van der Waals surface area contributed by atoms with Crippen LogP contribution in [0.3, 0.4) is 0 Å². The lowest BCUT2D eigenvalue weighted by atomic mass is 10.1. The minimum Gasteiger partial charge on any atom is -0.309 e. The van der Waals surface area contributed by atoms with Crippen molar-refractivity contribution in [3.8, 4) is 0 Å². The zero-order chi connectivity index (χ0) is 16.5. The maximum absolute atomic E-state index is 12.6. The molecular formula is C18H39O3P. The highest BCUT2D eigenvalue weighted by Gasteiger charge is 2.23. The summed E-state index contributed by atoms with van der Waals surface area (Å²) in [5.74, 6) is 0. The smallest absolute Gasteiger partial charge is 0.309 e. The monoisotopic (exact) mass is 334 g/mol. The topological polar surface area (TPSA) is 35.5 Å². The van der Waals surface area contributed by atoms with Crippen molar-refractivity contribution in [2.45, 2.75) is 97.8 Å². The molecule has 4 heteroatoms. The lowest BCUT2D eigenvalue weighted by molar-refractivity contribution is 0.198. The Bertz CT molecular complexity index is 269. The Morgan fingerprint density at radius 1 is 0.591 bits per heavy atom. The first-order valence-electron chi connectivity index (χ1n) is 9.56. The van der Waals surface area contributed by atoms with E-state index in [0.29, 0.717) is 19.4 Å². The molecule has 0 rings (SSSR count). The van der Waals surface area contributed by atoms with E-state index in [4.69, 9.17) is 9.05 Å². The molecule has 134 valence electrons. The predicted molar refractivity (Wildman–Crippen MR) is 96.8 cm³/mol. The van der Waals surface area contributed by atoms with E-state index in [1.165, 1.54) is 44.9 Å². The molecule has 0 radical (unpaired) electrons. The molecule has 0 saturated heterocycles. The third-order valence-corrected chi connectivity index (χ3v) is 5.87. The SMILES string of the molecule is CCCCCCCCCCOP(=O)(CCCC)OCCCC. The molecule has 0 aliphatic heterocycles. The van der Waals surface area contributed by atoms with E-state index < -0.39 is 7.60 Å².